The van der Waals surface area contributed by atoms with Crippen LogP contribution in [0.15, 0.2) is 49.1 Å². The summed E-state index contributed by atoms with van der Waals surface area (Å²) in [7, 11) is 3.08. The fraction of sp³-hybridized carbons (Fsp3) is 0.238. The second-order valence-electron chi connectivity index (χ2n) is 5.39. The summed E-state index contributed by atoms with van der Waals surface area (Å²) in [6.07, 6.45) is 6.50. The van der Waals surface area contributed by atoms with Crippen LogP contribution in [0.5, 0.6) is 23.0 Å². The second kappa shape index (κ2) is 10.1. The molecule has 0 aliphatic rings. The molecule has 0 saturated carbocycles. The molecule has 0 fully saturated rings. The molecule has 0 aliphatic carbocycles. The Morgan fingerprint density at radius 1 is 1.04 bits per heavy atom. The van der Waals surface area contributed by atoms with Gasteiger partial charge in [-0.15, -0.1) is 6.58 Å². The summed E-state index contributed by atoms with van der Waals surface area (Å²) < 4.78 is 9.98. The summed E-state index contributed by atoms with van der Waals surface area (Å²) in [5, 5.41) is 18.8. The number of aryl methyl sites for hydroxylation is 1. The first-order valence-corrected chi connectivity index (χ1v) is 7.93. The van der Waals surface area contributed by atoms with E-state index in [0.717, 1.165) is 23.1 Å². The summed E-state index contributed by atoms with van der Waals surface area (Å²) in [5.41, 5.74) is 2.95. The van der Waals surface area contributed by atoms with E-state index in [1.54, 1.807) is 19.2 Å². The normalized spacial score (nSPS) is 10.1. The van der Waals surface area contributed by atoms with Crippen LogP contribution in [-0.4, -0.2) is 24.4 Å². The lowest BCUT2D eigenvalue weighted by Gasteiger charge is -2.08. The number of phenols is 2. The van der Waals surface area contributed by atoms with Crippen molar-refractivity contribution in [3.63, 3.8) is 0 Å². The molecule has 2 aromatic rings. The molecule has 0 atom stereocenters. The molecule has 2 aromatic carbocycles. The Morgan fingerprint density at radius 2 is 1.72 bits per heavy atom. The summed E-state index contributed by atoms with van der Waals surface area (Å²) in [4.78, 5) is 0. The van der Waals surface area contributed by atoms with Gasteiger partial charge in [0.15, 0.2) is 23.0 Å². The summed E-state index contributed by atoms with van der Waals surface area (Å²) in [6, 6.07) is 8.99. The third kappa shape index (κ3) is 5.92. The van der Waals surface area contributed by atoms with Crippen LogP contribution in [-0.2, 0) is 6.42 Å². The van der Waals surface area contributed by atoms with Gasteiger partial charge in [0, 0.05) is 0 Å². The molecule has 0 aliphatic heterocycles. The molecule has 4 heteroatoms. The summed E-state index contributed by atoms with van der Waals surface area (Å²) in [5.74, 6) is 1.42. The van der Waals surface area contributed by atoms with E-state index >= 15 is 0 Å². The highest BCUT2D eigenvalue weighted by molar-refractivity contribution is 5.55. The molecule has 0 spiro atoms. The zero-order valence-corrected chi connectivity index (χ0v) is 15.2. The zero-order chi connectivity index (χ0) is 18.8. The van der Waals surface area contributed by atoms with E-state index in [2.05, 4.69) is 6.58 Å². The molecule has 0 saturated heterocycles. The molecule has 0 amide bonds. The Kier molecular flexibility index (Phi) is 8.13. The Morgan fingerprint density at radius 3 is 2.28 bits per heavy atom. The van der Waals surface area contributed by atoms with Crippen molar-refractivity contribution in [2.24, 2.45) is 0 Å². The van der Waals surface area contributed by atoms with E-state index in [1.807, 2.05) is 50.3 Å². The van der Waals surface area contributed by atoms with Gasteiger partial charge in [0.2, 0.25) is 0 Å². The molecule has 0 aromatic heterocycles. The monoisotopic (exact) mass is 342 g/mol. The van der Waals surface area contributed by atoms with E-state index < -0.39 is 0 Å². The fourth-order valence-corrected chi connectivity index (χ4v) is 2.25. The molecule has 0 radical (unpaired) electrons. The van der Waals surface area contributed by atoms with E-state index in [0.29, 0.717) is 11.5 Å². The lowest BCUT2D eigenvalue weighted by molar-refractivity contribution is 0.371. The highest BCUT2D eigenvalue weighted by Gasteiger charge is 2.05. The molecule has 2 N–H and O–H groups in total. The number of phenolic OH excluding ortho intramolecular Hbond substituents is 2. The van der Waals surface area contributed by atoms with Crippen LogP contribution < -0.4 is 9.47 Å². The standard InChI is InChI=1S/C11H14O2.C10H12O2/c1-4-5-9-6-8(2)11(12)10(7-9)13-3;1-3-4-8-5-6-9(11)10(7-8)12-2/h4,6-7,12H,1,5H2,2-3H3;3-7,11H,1-2H3. The van der Waals surface area contributed by atoms with Gasteiger partial charge >= 0.3 is 0 Å². The predicted molar refractivity (Wildman–Crippen MR) is 103 cm³/mol. The number of aromatic hydroxyl groups is 2. The maximum absolute atomic E-state index is 9.54. The summed E-state index contributed by atoms with van der Waals surface area (Å²) >= 11 is 0. The van der Waals surface area contributed by atoms with Crippen LogP contribution in [0.4, 0.5) is 0 Å². The average Bonchev–Trinajstić information content (AvgIpc) is 2.60. The predicted octanol–water partition coefficient (Wildman–Crippen LogP) is 4.87. The Bertz CT molecular complexity index is 733. The number of methoxy groups -OCH3 is 2. The van der Waals surface area contributed by atoms with Gasteiger partial charge in [0.25, 0.3) is 0 Å². The van der Waals surface area contributed by atoms with Gasteiger partial charge in [-0.3, -0.25) is 0 Å². The Balaban J connectivity index is 0.000000251. The molecule has 25 heavy (non-hydrogen) atoms. The van der Waals surface area contributed by atoms with Crippen LogP contribution >= 0.6 is 0 Å². The number of allylic oxidation sites excluding steroid dienone is 2. The van der Waals surface area contributed by atoms with Gasteiger partial charge in [-0.2, -0.15) is 0 Å². The maximum atomic E-state index is 9.54. The van der Waals surface area contributed by atoms with Crippen molar-refractivity contribution in [1.82, 2.24) is 0 Å². The van der Waals surface area contributed by atoms with Crippen molar-refractivity contribution in [2.45, 2.75) is 20.3 Å². The number of hydrogen-bond acceptors (Lipinski definition) is 4. The minimum Gasteiger partial charge on any atom is -0.504 e. The zero-order valence-electron chi connectivity index (χ0n) is 15.2. The second-order valence-corrected chi connectivity index (χ2v) is 5.39. The highest BCUT2D eigenvalue weighted by atomic mass is 16.5. The lowest BCUT2D eigenvalue weighted by Crippen LogP contribution is -1.89. The third-order valence-corrected chi connectivity index (χ3v) is 3.49. The largest absolute Gasteiger partial charge is 0.504 e. The van der Waals surface area contributed by atoms with Gasteiger partial charge in [0.1, 0.15) is 0 Å². The van der Waals surface area contributed by atoms with Gasteiger partial charge in [-0.25, -0.2) is 0 Å². The van der Waals surface area contributed by atoms with Crippen molar-refractivity contribution in [2.75, 3.05) is 14.2 Å². The highest BCUT2D eigenvalue weighted by Crippen LogP contribution is 2.30. The van der Waals surface area contributed by atoms with E-state index in [4.69, 9.17) is 9.47 Å². The van der Waals surface area contributed by atoms with Crippen molar-refractivity contribution in [3.8, 4) is 23.0 Å². The first kappa shape index (κ1) is 20.2. The van der Waals surface area contributed by atoms with E-state index in [9.17, 15) is 10.2 Å². The number of rotatable bonds is 5. The van der Waals surface area contributed by atoms with E-state index in [-0.39, 0.29) is 11.5 Å². The summed E-state index contributed by atoms with van der Waals surface area (Å²) in [6.45, 7) is 7.46. The van der Waals surface area contributed by atoms with Crippen molar-refractivity contribution >= 4 is 6.08 Å². The van der Waals surface area contributed by atoms with Gasteiger partial charge in [0.05, 0.1) is 14.2 Å². The van der Waals surface area contributed by atoms with Crippen LogP contribution in [0.2, 0.25) is 0 Å². The molecular formula is C21H26O4. The van der Waals surface area contributed by atoms with Crippen molar-refractivity contribution in [1.29, 1.82) is 0 Å². The Labute approximate surface area is 149 Å². The fourth-order valence-electron chi connectivity index (χ4n) is 2.25. The third-order valence-electron chi connectivity index (χ3n) is 3.49. The first-order chi connectivity index (χ1) is 12.0. The van der Waals surface area contributed by atoms with Crippen LogP contribution in [0.1, 0.15) is 23.6 Å². The topological polar surface area (TPSA) is 58.9 Å². The number of ether oxygens (including phenoxy) is 2. The minimum atomic E-state index is 0.172. The first-order valence-electron chi connectivity index (χ1n) is 7.93. The van der Waals surface area contributed by atoms with Crippen LogP contribution in [0.3, 0.4) is 0 Å². The van der Waals surface area contributed by atoms with E-state index in [1.165, 1.54) is 7.11 Å². The molecular weight excluding hydrogens is 316 g/mol. The number of benzene rings is 2. The van der Waals surface area contributed by atoms with Crippen LogP contribution in [0, 0.1) is 6.92 Å². The lowest BCUT2D eigenvalue weighted by atomic mass is 10.1. The van der Waals surface area contributed by atoms with Gasteiger partial charge in [-0.05, 0) is 55.2 Å². The van der Waals surface area contributed by atoms with Crippen LogP contribution in [0.25, 0.3) is 6.08 Å². The number of hydrogen-bond donors (Lipinski definition) is 2. The van der Waals surface area contributed by atoms with Gasteiger partial charge in [-0.1, -0.05) is 30.4 Å². The maximum Gasteiger partial charge on any atom is 0.161 e. The molecule has 0 heterocycles. The minimum absolute atomic E-state index is 0.172. The van der Waals surface area contributed by atoms with Gasteiger partial charge < -0.3 is 19.7 Å². The smallest absolute Gasteiger partial charge is 0.161 e. The Hall–Kier alpha value is -2.88. The average molecular weight is 342 g/mol. The SMILES string of the molecule is C=CCc1cc(C)c(O)c(OC)c1.CC=Cc1ccc(O)c(OC)c1. The molecule has 134 valence electrons. The molecule has 4 nitrogen and oxygen atoms in total. The molecule has 0 bridgehead atoms. The molecule has 2 rings (SSSR count). The molecule has 0 unspecified atom stereocenters. The van der Waals surface area contributed by atoms with Crippen molar-refractivity contribution in [3.05, 3.63) is 65.8 Å². The van der Waals surface area contributed by atoms with Crippen molar-refractivity contribution < 1.29 is 19.7 Å². The quantitative estimate of drug-likeness (QED) is 0.761.